The Balaban J connectivity index is 1.72. The Hall–Kier alpha value is -1.46. The Bertz CT molecular complexity index is 549. The molecule has 0 radical (unpaired) electrons. The average Bonchev–Trinajstić information content (AvgIpc) is 2.88. The topological polar surface area (TPSA) is 43.8 Å². The van der Waals surface area contributed by atoms with E-state index in [-0.39, 0.29) is 5.56 Å². The Morgan fingerprint density at radius 1 is 1.43 bits per heavy atom. The third-order valence-corrected chi connectivity index (χ3v) is 4.74. The van der Waals surface area contributed by atoms with Crippen LogP contribution in [0.25, 0.3) is 0 Å². The standard InChI is InChI=1S/C16H21FN2O2/c1-11-8-18-6-2-3-14(18)10-19(11)9-13-5-4-12(16(20)21)7-15(13)17/h4-5,7,11,14H,2-3,6,8-10H2,1H3,(H,20,21). The number of carbonyl (C=O) groups is 1. The summed E-state index contributed by atoms with van der Waals surface area (Å²) >= 11 is 0. The van der Waals surface area contributed by atoms with Gasteiger partial charge in [-0.05, 0) is 38.4 Å². The predicted octanol–water partition coefficient (Wildman–Crippen LogP) is 2.19. The number of halogens is 1. The van der Waals surface area contributed by atoms with Gasteiger partial charge in [-0.2, -0.15) is 0 Å². The van der Waals surface area contributed by atoms with Crippen LogP contribution in [0.1, 0.15) is 35.7 Å². The van der Waals surface area contributed by atoms with Gasteiger partial charge >= 0.3 is 5.97 Å². The molecular formula is C16H21FN2O2. The van der Waals surface area contributed by atoms with Crippen LogP contribution in [0.15, 0.2) is 18.2 Å². The molecule has 2 aliphatic heterocycles. The highest BCUT2D eigenvalue weighted by Crippen LogP contribution is 2.26. The minimum Gasteiger partial charge on any atom is -0.478 e. The highest BCUT2D eigenvalue weighted by molar-refractivity contribution is 5.87. The van der Waals surface area contributed by atoms with E-state index in [9.17, 15) is 9.18 Å². The molecule has 1 aromatic rings. The van der Waals surface area contributed by atoms with Crippen LogP contribution in [-0.4, -0.2) is 52.6 Å². The van der Waals surface area contributed by atoms with Gasteiger partial charge in [-0.25, -0.2) is 9.18 Å². The summed E-state index contributed by atoms with van der Waals surface area (Å²) in [6.07, 6.45) is 2.48. The number of fused-ring (bicyclic) bond motifs is 1. The molecule has 5 heteroatoms. The fraction of sp³-hybridized carbons (Fsp3) is 0.562. The molecule has 0 amide bonds. The first-order valence-electron chi connectivity index (χ1n) is 7.54. The zero-order valence-electron chi connectivity index (χ0n) is 12.3. The molecule has 3 rings (SSSR count). The molecule has 2 saturated heterocycles. The molecule has 2 atom stereocenters. The number of piperazine rings is 1. The van der Waals surface area contributed by atoms with E-state index in [2.05, 4.69) is 16.7 Å². The van der Waals surface area contributed by atoms with E-state index in [0.29, 0.717) is 24.2 Å². The Kier molecular flexibility index (Phi) is 3.95. The number of hydrogen-bond donors (Lipinski definition) is 1. The summed E-state index contributed by atoms with van der Waals surface area (Å²) in [4.78, 5) is 15.7. The van der Waals surface area contributed by atoms with E-state index < -0.39 is 11.8 Å². The SMILES string of the molecule is CC1CN2CCCC2CN1Cc1ccc(C(=O)O)cc1F. The van der Waals surface area contributed by atoms with Crippen molar-refractivity contribution in [1.29, 1.82) is 0 Å². The van der Waals surface area contributed by atoms with Crippen molar-refractivity contribution < 1.29 is 14.3 Å². The van der Waals surface area contributed by atoms with Crippen molar-refractivity contribution >= 4 is 5.97 Å². The molecule has 0 saturated carbocycles. The summed E-state index contributed by atoms with van der Waals surface area (Å²) in [7, 11) is 0. The lowest BCUT2D eigenvalue weighted by atomic mass is 10.1. The van der Waals surface area contributed by atoms with Crippen molar-refractivity contribution in [2.45, 2.75) is 38.4 Å². The van der Waals surface area contributed by atoms with Gasteiger partial charge in [0.25, 0.3) is 0 Å². The summed E-state index contributed by atoms with van der Waals surface area (Å²) in [5.74, 6) is -1.51. The maximum absolute atomic E-state index is 14.1. The molecule has 0 spiro atoms. The second-order valence-corrected chi connectivity index (χ2v) is 6.18. The van der Waals surface area contributed by atoms with Gasteiger partial charge in [-0.3, -0.25) is 9.80 Å². The van der Waals surface area contributed by atoms with Crippen LogP contribution in [0.3, 0.4) is 0 Å². The maximum Gasteiger partial charge on any atom is 0.335 e. The predicted molar refractivity (Wildman–Crippen MR) is 77.8 cm³/mol. The quantitative estimate of drug-likeness (QED) is 0.927. The van der Waals surface area contributed by atoms with Gasteiger partial charge in [0.1, 0.15) is 5.82 Å². The fourth-order valence-electron chi connectivity index (χ4n) is 3.50. The van der Waals surface area contributed by atoms with Crippen LogP contribution in [0.5, 0.6) is 0 Å². The van der Waals surface area contributed by atoms with Gasteiger partial charge in [0.15, 0.2) is 0 Å². The highest BCUT2D eigenvalue weighted by atomic mass is 19.1. The number of nitrogens with zero attached hydrogens (tertiary/aromatic N) is 2. The number of hydrogen-bond acceptors (Lipinski definition) is 3. The molecule has 2 fully saturated rings. The Morgan fingerprint density at radius 3 is 2.95 bits per heavy atom. The highest BCUT2D eigenvalue weighted by Gasteiger charge is 2.34. The molecular weight excluding hydrogens is 271 g/mol. The van der Waals surface area contributed by atoms with Crippen molar-refractivity contribution in [2.75, 3.05) is 19.6 Å². The van der Waals surface area contributed by atoms with Gasteiger partial charge in [-0.15, -0.1) is 0 Å². The van der Waals surface area contributed by atoms with Crippen LogP contribution in [0, 0.1) is 5.82 Å². The van der Waals surface area contributed by atoms with Crippen molar-refractivity contribution in [3.8, 4) is 0 Å². The first-order valence-corrected chi connectivity index (χ1v) is 7.54. The second kappa shape index (κ2) is 5.73. The monoisotopic (exact) mass is 292 g/mol. The molecule has 1 N–H and O–H groups in total. The van der Waals surface area contributed by atoms with E-state index >= 15 is 0 Å². The third-order valence-electron chi connectivity index (χ3n) is 4.74. The normalized spacial score (nSPS) is 26.8. The van der Waals surface area contributed by atoms with Gasteiger partial charge in [0.2, 0.25) is 0 Å². The molecule has 2 aliphatic rings. The molecule has 21 heavy (non-hydrogen) atoms. The number of rotatable bonds is 3. The van der Waals surface area contributed by atoms with Gasteiger partial charge in [0.05, 0.1) is 5.56 Å². The molecule has 2 unspecified atom stereocenters. The average molecular weight is 292 g/mol. The summed E-state index contributed by atoms with van der Waals surface area (Å²) in [5.41, 5.74) is 0.586. The zero-order valence-corrected chi connectivity index (χ0v) is 12.3. The van der Waals surface area contributed by atoms with Crippen molar-refractivity contribution in [1.82, 2.24) is 9.80 Å². The molecule has 0 aromatic heterocycles. The Morgan fingerprint density at radius 2 is 2.24 bits per heavy atom. The largest absolute Gasteiger partial charge is 0.478 e. The lowest BCUT2D eigenvalue weighted by Crippen LogP contribution is -2.54. The minimum atomic E-state index is -1.09. The van der Waals surface area contributed by atoms with Crippen molar-refractivity contribution in [2.24, 2.45) is 0 Å². The Labute approximate surface area is 124 Å². The molecule has 2 heterocycles. The second-order valence-electron chi connectivity index (χ2n) is 6.18. The van der Waals surface area contributed by atoms with Crippen LogP contribution in [0.4, 0.5) is 4.39 Å². The van der Waals surface area contributed by atoms with E-state index in [1.54, 1.807) is 6.07 Å². The van der Waals surface area contributed by atoms with Gasteiger partial charge < -0.3 is 5.11 Å². The summed E-state index contributed by atoms with van der Waals surface area (Å²) in [6.45, 7) is 5.93. The molecule has 0 aliphatic carbocycles. The first-order chi connectivity index (χ1) is 10.0. The number of carboxylic acid groups (broad SMARTS) is 1. The molecule has 0 bridgehead atoms. The van der Waals surface area contributed by atoms with Crippen LogP contribution >= 0.6 is 0 Å². The van der Waals surface area contributed by atoms with E-state index in [0.717, 1.165) is 19.2 Å². The summed E-state index contributed by atoms with van der Waals surface area (Å²) < 4.78 is 14.1. The zero-order chi connectivity index (χ0) is 15.0. The van der Waals surface area contributed by atoms with E-state index in [4.69, 9.17) is 5.11 Å². The van der Waals surface area contributed by atoms with E-state index in [1.165, 1.54) is 25.5 Å². The molecule has 1 aromatic carbocycles. The number of carboxylic acids is 1. The van der Waals surface area contributed by atoms with Crippen molar-refractivity contribution in [3.63, 3.8) is 0 Å². The minimum absolute atomic E-state index is 0.00455. The summed E-state index contributed by atoms with van der Waals surface area (Å²) in [6, 6.07) is 5.21. The third kappa shape index (κ3) is 2.94. The van der Waals surface area contributed by atoms with Crippen LogP contribution in [-0.2, 0) is 6.54 Å². The maximum atomic E-state index is 14.1. The van der Waals surface area contributed by atoms with Crippen LogP contribution in [0.2, 0.25) is 0 Å². The first kappa shape index (κ1) is 14.5. The lowest BCUT2D eigenvalue weighted by Gasteiger charge is -2.42. The summed E-state index contributed by atoms with van der Waals surface area (Å²) in [5, 5.41) is 8.88. The van der Waals surface area contributed by atoms with Crippen molar-refractivity contribution in [3.05, 3.63) is 35.1 Å². The smallest absolute Gasteiger partial charge is 0.335 e. The fourth-order valence-corrected chi connectivity index (χ4v) is 3.50. The van der Waals surface area contributed by atoms with Crippen LogP contribution < -0.4 is 0 Å². The number of aromatic carboxylic acids is 1. The van der Waals surface area contributed by atoms with E-state index in [1.807, 2.05) is 0 Å². The molecule has 114 valence electrons. The van der Waals surface area contributed by atoms with Gasteiger partial charge in [-0.1, -0.05) is 6.07 Å². The van der Waals surface area contributed by atoms with Gasteiger partial charge in [0, 0.05) is 37.3 Å². The number of benzene rings is 1. The lowest BCUT2D eigenvalue weighted by molar-refractivity contribution is 0.0533. The molecule has 4 nitrogen and oxygen atoms in total.